The topological polar surface area (TPSA) is 101 Å². The minimum Gasteiger partial charge on any atom is -0.494 e. The third-order valence-electron chi connectivity index (χ3n) is 8.44. The van der Waals surface area contributed by atoms with Gasteiger partial charge >= 0.3 is 0 Å². The molecular formula is C33H37N5O3S. The molecule has 0 atom stereocenters. The highest BCUT2D eigenvalue weighted by Gasteiger charge is 2.36. The molecule has 0 amide bonds. The summed E-state index contributed by atoms with van der Waals surface area (Å²) in [5, 5.41) is 0. The van der Waals surface area contributed by atoms with Gasteiger partial charge in [-0.3, -0.25) is 0 Å². The zero-order valence-electron chi connectivity index (χ0n) is 24.6. The molecule has 42 heavy (non-hydrogen) atoms. The van der Waals surface area contributed by atoms with Crippen LogP contribution in [0, 0.1) is 6.92 Å². The van der Waals surface area contributed by atoms with Gasteiger partial charge in [-0.2, -0.15) is 0 Å². The molecule has 0 bridgehead atoms. The molecule has 0 spiro atoms. The average molecular weight is 584 g/mol. The predicted octanol–water partition coefficient (Wildman–Crippen LogP) is 5.77. The van der Waals surface area contributed by atoms with Gasteiger partial charge in [0.15, 0.2) is 9.84 Å². The van der Waals surface area contributed by atoms with Gasteiger partial charge in [0.05, 0.1) is 23.7 Å². The summed E-state index contributed by atoms with van der Waals surface area (Å²) in [6.45, 7) is 8.79. The fourth-order valence-corrected chi connectivity index (χ4v) is 6.82. The molecule has 6 rings (SSSR count). The lowest BCUT2D eigenvalue weighted by atomic mass is 9.79. The number of benzene rings is 2. The van der Waals surface area contributed by atoms with Crippen molar-refractivity contribution in [3.63, 3.8) is 0 Å². The summed E-state index contributed by atoms with van der Waals surface area (Å²) in [7, 11) is -3.06. The monoisotopic (exact) mass is 583 g/mol. The van der Waals surface area contributed by atoms with Crippen molar-refractivity contribution < 1.29 is 13.2 Å². The van der Waals surface area contributed by atoms with Crippen LogP contribution in [0.5, 0.6) is 5.75 Å². The second kappa shape index (κ2) is 11.0. The summed E-state index contributed by atoms with van der Waals surface area (Å²) in [4.78, 5) is 20.4. The van der Waals surface area contributed by atoms with E-state index in [1.807, 2.05) is 43.3 Å². The number of aromatic amines is 1. The molecule has 1 saturated heterocycles. The minimum absolute atomic E-state index is 0.0521. The number of aryl methyl sites for hydroxylation is 1. The van der Waals surface area contributed by atoms with Gasteiger partial charge in [0.1, 0.15) is 23.7 Å². The Labute approximate surface area is 247 Å². The SMILES string of the molecule is CCOc1ccc(-c2nc(C3(C)CCN(c4ncnc5c4C=C(c4ccc(CS(C)(=O)=O)cc4)C5)CC3)[nH]c2C)cc1. The number of hydrogen-bond donors (Lipinski definition) is 1. The Kier molecular flexibility index (Phi) is 7.39. The maximum atomic E-state index is 11.7. The van der Waals surface area contributed by atoms with Crippen LogP contribution in [0.4, 0.5) is 5.82 Å². The van der Waals surface area contributed by atoms with E-state index < -0.39 is 9.84 Å². The number of sulfone groups is 1. The molecule has 2 aliphatic rings. The number of fused-ring (bicyclic) bond motifs is 1. The Morgan fingerprint density at radius 1 is 1.00 bits per heavy atom. The Balaban J connectivity index is 1.17. The number of imidazole rings is 1. The summed E-state index contributed by atoms with van der Waals surface area (Å²) in [6, 6.07) is 16.0. The number of ether oxygens (including phenoxy) is 1. The molecule has 0 radical (unpaired) electrons. The van der Waals surface area contributed by atoms with Gasteiger partial charge in [-0.25, -0.2) is 23.4 Å². The van der Waals surface area contributed by atoms with Crippen LogP contribution in [0.15, 0.2) is 54.9 Å². The van der Waals surface area contributed by atoms with Crippen LogP contribution in [0.25, 0.3) is 22.9 Å². The van der Waals surface area contributed by atoms with Gasteiger partial charge in [0.2, 0.25) is 0 Å². The largest absolute Gasteiger partial charge is 0.494 e. The minimum atomic E-state index is -3.06. The van der Waals surface area contributed by atoms with Crippen LogP contribution < -0.4 is 9.64 Å². The predicted molar refractivity (Wildman–Crippen MR) is 167 cm³/mol. The van der Waals surface area contributed by atoms with E-state index in [-0.39, 0.29) is 11.2 Å². The molecular weight excluding hydrogens is 546 g/mol. The fourth-order valence-electron chi connectivity index (χ4n) is 6.02. The third-order valence-corrected chi connectivity index (χ3v) is 9.29. The van der Waals surface area contributed by atoms with Gasteiger partial charge in [-0.05, 0) is 73.7 Å². The number of aromatic nitrogens is 4. The first-order valence-electron chi connectivity index (χ1n) is 14.5. The summed E-state index contributed by atoms with van der Waals surface area (Å²) >= 11 is 0. The number of anilines is 1. The summed E-state index contributed by atoms with van der Waals surface area (Å²) in [5.74, 6) is 2.94. The van der Waals surface area contributed by atoms with E-state index in [9.17, 15) is 8.42 Å². The lowest BCUT2D eigenvalue weighted by Gasteiger charge is -2.39. The van der Waals surface area contributed by atoms with Gasteiger partial charge < -0.3 is 14.6 Å². The van der Waals surface area contributed by atoms with Crippen molar-refractivity contribution in [3.05, 3.63) is 88.8 Å². The van der Waals surface area contributed by atoms with E-state index in [0.717, 1.165) is 89.1 Å². The molecule has 1 fully saturated rings. The molecule has 8 nitrogen and oxygen atoms in total. The molecule has 2 aromatic heterocycles. The molecule has 0 unspecified atom stereocenters. The second-order valence-electron chi connectivity index (χ2n) is 11.7. The summed E-state index contributed by atoms with van der Waals surface area (Å²) in [6.07, 6.45) is 7.79. The number of rotatable bonds is 8. The maximum absolute atomic E-state index is 11.7. The molecule has 1 aliphatic heterocycles. The zero-order chi connectivity index (χ0) is 29.5. The van der Waals surface area contributed by atoms with Crippen LogP contribution in [0.3, 0.4) is 0 Å². The number of H-pyrrole nitrogens is 1. The highest BCUT2D eigenvalue weighted by molar-refractivity contribution is 7.89. The van der Waals surface area contributed by atoms with E-state index in [2.05, 4.69) is 46.9 Å². The first kappa shape index (κ1) is 28.2. The van der Waals surface area contributed by atoms with Crippen molar-refractivity contribution >= 4 is 27.3 Å². The van der Waals surface area contributed by atoms with Crippen molar-refractivity contribution in [1.82, 2.24) is 19.9 Å². The molecule has 1 N–H and O–H groups in total. The lowest BCUT2D eigenvalue weighted by Crippen LogP contribution is -2.42. The molecule has 9 heteroatoms. The van der Waals surface area contributed by atoms with Crippen LogP contribution in [-0.2, 0) is 27.4 Å². The van der Waals surface area contributed by atoms with E-state index in [1.165, 1.54) is 11.8 Å². The summed E-state index contributed by atoms with van der Waals surface area (Å²) in [5.41, 5.74) is 8.27. The van der Waals surface area contributed by atoms with Crippen LogP contribution >= 0.6 is 0 Å². The number of allylic oxidation sites excluding steroid dienone is 1. The van der Waals surface area contributed by atoms with Gasteiger partial charge in [0, 0.05) is 48.0 Å². The Morgan fingerprint density at radius 3 is 2.36 bits per heavy atom. The standard InChI is InChI=1S/C33H37N5O3S/c1-5-41-27-12-10-25(11-13-27)30-22(2)36-32(37-30)33(3)14-16-38(17-15-33)31-28-18-26(19-29(28)34-21-35-31)24-8-6-23(7-9-24)20-42(4,39)40/h6-13,18,21H,5,14-17,19-20H2,1-4H3,(H,36,37). The zero-order valence-corrected chi connectivity index (χ0v) is 25.5. The average Bonchev–Trinajstić information content (AvgIpc) is 3.58. The van der Waals surface area contributed by atoms with Crippen LogP contribution in [0.1, 0.15) is 60.6 Å². The molecule has 0 saturated carbocycles. The lowest BCUT2D eigenvalue weighted by molar-refractivity contribution is 0.340. The molecule has 218 valence electrons. The Morgan fingerprint density at radius 2 is 1.69 bits per heavy atom. The van der Waals surface area contributed by atoms with Gasteiger partial charge in [-0.15, -0.1) is 0 Å². The molecule has 1 aliphatic carbocycles. The summed E-state index contributed by atoms with van der Waals surface area (Å²) < 4.78 is 28.9. The Hall–Kier alpha value is -3.98. The van der Waals surface area contributed by atoms with Crippen molar-refractivity contribution in [2.45, 2.75) is 51.2 Å². The normalized spacial score (nSPS) is 16.3. The Bertz CT molecular complexity index is 1730. The first-order chi connectivity index (χ1) is 20.1. The second-order valence-corrected chi connectivity index (χ2v) is 13.9. The number of nitrogens with zero attached hydrogens (tertiary/aromatic N) is 4. The maximum Gasteiger partial charge on any atom is 0.151 e. The smallest absolute Gasteiger partial charge is 0.151 e. The van der Waals surface area contributed by atoms with E-state index >= 15 is 0 Å². The van der Waals surface area contributed by atoms with Crippen molar-refractivity contribution in [1.29, 1.82) is 0 Å². The van der Waals surface area contributed by atoms with E-state index in [1.54, 1.807) is 6.33 Å². The molecule has 3 heterocycles. The van der Waals surface area contributed by atoms with Gasteiger partial charge in [0.25, 0.3) is 0 Å². The fraction of sp³-hybridized carbons (Fsp3) is 0.364. The molecule has 2 aromatic carbocycles. The van der Waals surface area contributed by atoms with Crippen molar-refractivity contribution in [3.8, 4) is 17.0 Å². The van der Waals surface area contributed by atoms with E-state index in [4.69, 9.17) is 14.7 Å². The third kappa shape index (κ3) is 5.70. The quantitative estimate of drug-likeness (QED) is 0.281. The van der Waals surface area contributed by atoms with E-state index in [0.29, 0.717) is 6.61 Å². The van der Waals surface area contributed by atoms with Gasteiger partial charge in [-0.1, -0.05) is 31.2 Å². The van der Waals surface area contributed by atoms with Crippen LogP contribution in [0.2, 0.25) is 0 Å². The van der Waals surface area contributed by atoms with Crippen molar-refractivity contribution in [2.24, 2.45) is 0 Å². The number of hydrogen-bond acceptors (Lipinski definition) is 7. The number of piperidine rings is 1. The molecule has 4 aromatic rings. The highest BCUT2D eigenvalue weighted by Crippen LogP contribution is 2.40. The van der Waals surface area contributed by atoms with Crippen molar-refractivity contribution in [2.75, 3.05) is 30.9 Å². The highest BCUT2D eigenvalue weighted by atomic mass is 32.2. The number of nitrogens with one attached hydrogen (secondary N) is 1. The van der Waals surface area contributed by atoms with Crippen LogP contribution in [-0.4, -0.2) is 54.3 Å². The first-order valence-corrected chi connectivity index (χ1v) is 16.5.